The van der Waals surface area contributed by atoms with Crippen molar-refractivity contribution in [3.63, 3.8) is 0 Å². The van der Waals surface area contributed by atoms with Crippen LogP contribution in [-0.4, -0.2) is 34.7 Å². The summed E-state index contributed by atoms with van der Waals surface area (Å²) in [5.74, 6) is 0.271. The molecular weight excluding hydrogens is 288 g/mol. The van der Waals surface area contributed by atoms with Gasteiger partial charge < -0.3 is 9.80 Å². The monoisotopic (exact) mass is 310 g/mol. The molecule has 1 aliphatic carbocycles. The van der Waals surface area contributed by atoms with E-state index in [9.17, 15) is 9.59 Å². The van der Waals surface area contributed by atoms with E-state index in [0.717, 1.165) is 43.4 Å². The lowest BCUT2D eigenvalue weighted by Crippen LogP contribution is -2.48. The first-order valence-electron chi connectivity index (χ1n) is 8.65. The number of nitrogens with zero attached hydrogens (tertiary/aromatic N) is 2. The Hall–Kier alpha value is -2.10. The molecule has 0 bridgehead atoms. The molecule has 0 aromatic heterocycles. The van der Waals surface area contributed by atoms with Crippen molar-refractivity contribution in [2.45, 2.75) is 38.5 Å². The Balaban J connectivity index is 1.66. The maximum Gasteiger partial charge on any atom is 0.247 e. The number of carbonyl (C=O) groups excluding carboxylic acids is 2. The fraction of sp³-hybridized carbons (Fsp3) is 0.474. The lowest BCUT2D eigenvalue weighted by Gasteiger charge is -2.38. The van der Waals surface area contributed by atoms with E-state index in [4.69, 9.17) is 0 Å². The molecule has 1 aromatic rings. The van der Waals surface area contributed by atoms with Crippen LogP contribution in [-0.2, 0) is 16.0 Å². The van der Waals surface area contributed by atoms with Crippen LogP contribution in [0.2, 0.25) is 0 Å². The Morgan fingerprint density at radius 2 is 1.87 bits per heavy atom. The fourth-order valence-electron chi connectivity index (χ4n) is 4.03. The maximum absolute atomic E-state index is 12.8. The topological polar surface area (TPSA) is 40.6 Å². The van der Waals surface area contributed by atoms with Crippen LogP contribution in [0, 0.1) is 5.92 Å². The van der Waals surface area contributed by atoms with E-state index in [-0.39, 0.29) is 24.3 Å². The maximum atomic E-state index is 12.8. The third-order valence-corrected chi connectivity index (χ3v) is 5.31. The Labute approximate surface area is 136 Å². The summed E-state index contributed by atoms with van der Waals surface area (Å²) in [6.45, 7) is 0.911. The van der Waals surface area contributed by atoms with Gasteiger partial charge in [-0.05, 0) is 24.8 Å². The van der Waals surface area contributed by atoms with Crippen molar-refractivity contribution in [3.05, 3.63) is 41.6 Å². The van der Waals surface area contributed by atoms with Gasteiger partial charge in [-0.15, -0.1) is 0 Å². The molecule has 0 spiro atoms. The second-order valence-corrected chi connectivity index (χ2v) is 6.77. The average Bonchev–Trinajstić information content (AvgIpc) is 2.61. The van der Waals surface area contributed by atoms with Gasteiger partial charge in [0.15, 0.2) is 0 Å². The van der Waals surface area contributed by atoms with Gasteiger partial charge in [0.05, 0.1) is 5.70 Å². The van der Waals surface area contributed by atoms with Crippen LogP contribution in [0.3, 0.4) is 0 Å². The third kappa shape index (κ3) is 2.56. The normalized spacial score (nSPS) is 21.6. The van der Waals surface area contributed by atoms with Gasteiger partial charge in [-0.3, -0.25) is 9.59 Å². The minimum absolute atomic E-state index is 0.0427. The average molecular weight is 310 g/mol. The van der Waals surface area contributed by atoms with Crippen LogP contribution in [0.4, 0.5) is 0 Å². The van der Waals surface area contributed by atoms with E-state index in [1.54, 1.807) is 4.90 Å². The zero-order valence-corrected chi connectivity index (χ0v) is 13.3. The van der Waals surface area contributed by atoms with Crippen molar-refractivity contribution < 1.29 is 9.59 Å². The van der Waals surface area contributed by atoms with Gasteiger partial charge in [0.2, 0.25) is 11.8 Å². The standard InChI is InChI=1S/C19H22N2O2/c22-18-13-20(19(23)15-7-2-1-3-8-15)12-17-16-9-5-4-6-14(16)10-11-21(17)18/h4-6,9,12,15H,1-3,7-8,10-11,13H2. The summed E-state index contributed by atoms with van der Waals surface area (Å²) in [6, 6.07) is 8.19. The predicted octanol–water partition coefficient (Wildman–Crippen LogP) is 2.79. The van der Waals surface area contributed by atoms with Gasteiger partial charge in [0.25, 0.3) is 0 Å². The van der Waals surface area contributed by atoms with Crippen molar-refractivity contribution in [2.24, 2.45) is 5.92 Å². The highest BCUT2D eigenvalue weighted by Crippen LogP contribution is 2.33. The van der Waals surface area contributed by atoms with Crippen molar-refractivity contribution in [1.82, 2.24) is 9.80 Å². The molecule has 23 heavy (non-hydrogen) atoms. The highest BCUT2D eigenvalue weighted by atomic mass is 16.2. The number of benzene rings is 1. The summed E-state index contributed by atoms with van der Waals surface area (Å²) in [6.07, 6.45) is 8.21. The first-order valence-corrected chi connectivity index (χ1v) is 8.65. The number of rotatable bonds is 1. The van der Waals surface area contributed by atoms with Crippen molar-refractivity contribution >= 4 is 17.5 Å². The summed E-state index contributed by atoms with van der Waals surface area (Å²) in [5.41, 5.74) is 3.25. The quantitative estimate of drug-likeness (QED) is 0.800. The second-order valence-electron chi connectivity index (χ2n) is 6.77. The minimum atomic E-state index is 0.0427. The lowest BCUT2D eigenvalue weighted by molar-refractivity contribution is -0.141. The molecule has 2 amide bonds. The van der Waals surface area contributed by atoms with Gasteiger partial charge in [-0.1, -0.05) is 43.5 Å². The van der Waals surface area contributed by atoms with E-state index >= 15 is 0 Å². The molecule has 0 radical (unpaired) electrons. The molecule has 120 valence electrons. The number of carbonyl (C=O) groups is 2. The summed E-state index contributed by atoms with van der Waals surface area (Å²) in [5, 5.41) is 0. The van der Waals surface area contributed by atoms with E-state index in [0.29, 0.717) is 6.54 Å². The van der Waals surface area contributed by atoms with Crippen LogP contribution in [0.15, 0.2) is 30.5 Å². The molecule has 4 nitrogen and oxygen atoms in total. The van der Waals surface area contributed by atoms with Crippen LogP contribution in [0.25, 0.3) is 5.70 Å². The van der Waals surface area contributed by atoms with Gasteiger partial charge in [0, 0.05) is 24.2 Å². The zero-order valence-electron chi connectivity index (χ0n) is 13.3. The number of hydrogen-bond donors (Lipinski definition) is 0. The van der Waals surface area contributed by atoms with Gasteiger partial charge in [-0.2, -0.15) is 0 Å². The molecule has 1 fully saturated rings. The molecule has 3 aliphatic rings. The third-order valence-electron chi connectivity index (χ3n) is 5.31. The molecule has 1 aromatic carbocycles. The first kappa shape index (κ1) is 14.5. The molecule has 0 N–H and O–H groups in total. The SMILES string of the molecule is O=C(C1CCCCC1)N1C=C2c3ccccc3CCN2C(=O)C1. The van der Waals surface area contributed by atoms with Gasteiger partial charge in [-0.25, -0.2) is 0 Å². The van der Waals surface area contributed by atoms with Gasteiger partial charge >= 0.3 is 0 Å². The number of fused-ring (bicyclic) bond motifs is 3. The number of amides is 2. The number of hydrogen-bond acceptors (Lipinski definition) is 2. The molecule has 0 saturated heterocycles. The van der Waals surface area contributed by atoms with Crippen LogP contribution in [0.5, 0.6) is 0 Å². The van der Waals surface area contributed by atoms with E-state index in [2.05, 4.69) is 12.1 Å². The first-order chi connectivity index (χ1) is 11.2. The Morgan fingerprint density at radius 1 is 1.09 bits per heavy atom. The molecule has 1 saturated carbocycles. The fourth-order valence-corrected chi connectivity index (χ4v) is 4.03. The molecule has 4 heteroatoms. The van der Waals surface area contributed by atoms with Gasteiger partial charge in [0.1, 0.15) is 6.54 Å². The van der Waals surface area contributed by atoms with Crippen LogP contribution >= 0.6 is 0 Å². The summed E-state index contributed by atoms with van der Waals surface area (Å²) >= 11 is 0. The van der Waals surface area contributed by atoms with E-state index in [1.165, 1.54) is 12.0 Å². The largest absolute Gasteiger partial charge is 0.309 e. The van der Waals surface area contributed by atoms with E-state index < -0.39 is 0 Å². The summed E-state index contributed by atoms with van der Waals surface area (Å²) < 4.78 is 0. The molecular formula is C19H22N2O2. The highest BCUT2D eigenvalue weighted by molar-refractivity contribution is 5.96. The predicted molar refractivity (Wildman–Crippen MR) is 88.1 cm³/mol. The van der Waals surface area contributed by atoms with Crippen molar-refractivity contribution in [2.75, 3.05) is 13.1 Å². The van der Waals surface area contributed by atoms with E-state index in [1.807, 2.05) is 23.2 Å². The van der Waals surface area contributed by atoms with Crippen molar-refractivity contribution in [1.29, 1.82) is 0 Å². The Bertz CT molecular complexity index is 674. The molecule has 0 atom stereocenters. The zero-order chi connectivity index (χ0) is 15.8. The van der Waals surface area contributed by atoms with Crippen LogP contribution < -0.4 is 0 Å². The Kier molecular flexibility index (Phi) is 3.68. The minimum Gasteiger partial charge on any atom is -0.309 e. The Morgan fingerprint density at radius 3 is 2.70 bits per heavy atom. The molecule has 0 unspecified atom stereocenters. The molecule has 4 rings (SSSR count). The highest BCUT2D eigenvalue weighted by Gasteiger charge is 2.34. The van der Waals surface area contributed by atoms with Crippen LogP contribution in [0.1, 0.15) is 43.2 Å². The molecule has 2 aliphatic heterocycles. The smallest absolute Gasteiger partial charge is 0.247 e. The lowest BCUT2D eigenvalue weighted by atomic mass is 9.88. The van der Waals surface area contributed by atoms with Crippen molar-refractivity contribution in [3.8, 4) is 0 Å². The summed E-state index contributed by atoms with van der Waals surface area (Å²) in [7, 11) is 0. The second kappa shape index (κ2) is 5.84. The summed E-state index contributed by atoms with van der Waals surface area (Å²) in [4.78, 5) is 28.8. The molecule has 2 heterocycles.